The number of rotatable bonds is 2. The van der Waals surface area contributed by atoms with Crippen molar-refractivity contribution in [3.05, 3.63) is 28.5 Å². The smallest absolute Gasteiger partial charge is 0.124 e. The van der Waals surface area contributed by atoms with E-state index in [0.717, 1.165) is 21.2 Å². The molecule has 1 nitrogen and oxygen atoms in total. The minimum absolute atomic E-state index is 0.207. The van der Waals surface area contributed by atoms with Crippen molar-refractivity contribution in [2.45, 2.75) is 24.6 Å². The number of thioether (sulfide) groups is 1. The number of hydrogen-bond acceptors (Lipinski definition) is 2. The zero-order valence-corrected chi connectivity index (χ0v) is 10.9. The summed E-state index contributed by atoms with van der Waals surface area (Å²) in [7, 11) is 0. The molecule has 1 heterocycles. The molecule has 2 atom stereocenters. The molecule has 1 aliphatic rings. The Morgan fingerprint density at radius 2 is 2.33 bits per heavy atom. The first-order valence-corrected chi connectivity index (χ1v) is 6.82. The molecule has 2 unspecified atom stereocenters. The summed E-state index contributed by atoms with van der Waals surface area (Å²) in [4.78, 5) is 0. The van der Waals surface area contributed by atoms with Crippen molar-refractivity contribution in [3.8, 4) is 0 Å². The van der Waals surface area contributed by atoms with Crippen LogP contribution in [0.2, 0.25) is 0 Å². The van der Waals surface area contributed by atoms with Gasteiger partial charge in [-0.25, -0.2) is 4.39 Å². The van der Waals surface area contributed by atoms with E-state index in [4.69, 9.17) is 0 Å². The molecule has 1 N–H and O–H groups in total. The first-order valence-electron chi connectivity index (χ1n) is 4.98. The average molecular weight is 290 g/mol. The van der Waals surface area contributed by atoms with Crippen LogP contribution in [0.3, 0.4) is 0 Å². The van der Waals surface area contributed by atoms with Crippen molar-refractivity contribution in [1.29, 1.82) is 0 Å². The molecule has 15 heavy (non-hydrogen) atoms. The van der Waals surface area contributed by atoms with Crippen molar-refractivity contribution in [2.24, 2.45) is 0 Å². The molecule has 0 aromatic heterocycles. The molecule has 0 aliphatic carbocycles. The Balaban J connectivity index is 2.04. The molecule has 0 amide bonds. The topological polar surface area (TPSA) is 12.0 Å². The highest BCUT2D eigenvalue weighted by molar-refractivity contribution is 9.10. The third-order valence-electron chi connectivity index (χ3n) is 2.49. The van der Waals surface area contributed by atoms with Gasteiger partial charge in [0.1, 0.15) is 5.82 Å². The van der Waals surface area contributed by atoms with E-state index < -0.39 is 0 Å². The van der Waals surface area contributed by atoms with Crippen LogP contribution in [0.25, 0.3) is 0 Å². The molecule has 1 fully saturated rings. The van der Waals surface area contributed by atoms with Gasteiger partial charge >= 0.3 is 0 Å². The van der Waals surface area contributed by atoms with Crippen LogP contribution in [-0.4, -0.2) is 17.0 Å². The monoisotopic (exact) mass is 289 g/mol. The Kier molecular flexibility index (Phi) is 3.57. The molecule has 0 bridgehead atoms. The number of benzene rings is 1. The lowest BCUT2D eigenvalue weighted by Crippen LogP contribution is -2.19. The summed E-state index contributed by atoms with van der Waals surface area (Å²) in [5.74, 6) is 0.923. The zero-order valence-electron chi connectivity index (χ0n) is 8.47. The minimum Gasteiger partial charge on any atom is -0.381 e. The largest absolute Gasteiger partial charge is 0.381 e. The van der Waals surface area contributed by atoms with Crippen LogP contribution in [0.1, 0.15) is 13.3 Å². The fraction of sp³-hybridized carbons (Fsp3) is 0.455. The maximum absolute atomic E-state index is 12.9. The van der Waals surface area contributed by atoms with E-state index in [2.05, 4.69) is 28.2 Å². The number of nitrogens with one attached hydrogen (secondary N) is 1. The molecule has 0 spiro atoms. The van der Waals surface area contributed by atoms with E-state index in [9.17, 15) is 4.39 Å². The van der Waals surface area contributed by atoms with Crippen LogP contribution in [0.5, 0.6) is 0 Å². The molecule has 1 aromatic carbocycles. The standard InChI is InChI=1S/C11H13BrFNS/c1-7-4-9(6-15-7)14-11-3-2-8(13)5-10(11)12/h2-3,5,7,9,14H,4,6H2,1H3. The van der Waals surface area contributed by atoms with Gasteiger partial charge in [0, 0.05) is 27.2 Å². The maximum atomic E-state index is 12.9. The normalized spacial score (nSPS) is 25.5. The summed E-state index contributed by atoms with van der Waals surface area (Å²) >= 11 is 5.34. The van der Waals surface area contributed by atoms with Gasteiger partial charge in [-0.3, -0.25) is 0 Å². The van der Waals surface area contributed by atoms with Crippen LogP contribution in [-0.2, 0) is 0 Å². The van der Waals surface area contributed by atoms with Gasteiger partial charge in [-0.05, 0) is 40.5 Å². The Hall–Kier alpha value is -0.220. The molecule has 0 saturated carbocycles. The van der Waals surface area contributed by atoms with Gasteiger partial charge < -0.3 is 5.32 Å². The number of halogens is 2. The van der Waals surface area contributed by atoms with Crippen molar-refractivity contribution < 1.29 is 4.39 Å². The summed E-state index contributed by atoms with van der Waals surface area (Å²) in [5, 5.41) is 4.16. The summed E-state index contributed by atoms with van der Waals surface area (Å²) in [6, 6.07) is 5.27. The maximum Gasteiger partial charge on any atom is 0.124 e. The Bertz CT molecular complexity index is 358. The van der Waals surface area contributed by atoms with Crippen molar-refractivity contribution in [1.82, 2.24) is 0 Å². The Morgan fingerprint density at radius 3 is 2.93 bits per heavy atom. The van der Waals surface area contributed by atoms with E-state index >= 15 is 0 Å². The predicted octanol–water partition coefficient (Wildman–Crippen LogP) is 3.89. The fourth-order valence-corrected chi connectivity index (χ4v) is 3.36. The molecular formula is C11H13BrFNS. The van der Waals surface area contributed by atoms with E-state index in [1.54, 1.807) is 6.07 Å². The van der Waals surface area contributed by atoms with Crippen molar-refractivity contribution in [2.75, 3.05) is 11.1 Å². The molecule has 1 aliphatic heterocycles. The second-order valence-electron chi connectivity index (χ2n) is 3.85. The third-order valence-corrected chi connectivity index (χ3v) is 4.50. The number of hydrogen-bond donors (Lipinski definition) is 1. The second-order valence-corrected chi connectivity index (χ2v) is 6.17. The molecule has 2 rings (SSSR count). The zero-order chi connectivity index (χ0) is 10.8. The van der Waals surface area contributed by atoms with Crippen LogP contribution >= 0.6 is 27.7 Å². The van der Waals surface area contributed by atoms with Crippen LogP contribution in [0.15, 0.2) is 22.7 Å². The van der Waals surface area contributed by atoms with Gasteiger partial charge in [0.2, 0.25) is 0 Å². The molecule has 4 heteroatoms. The highest BCUT2D eigenvalue weighted by atomic mass is 79.9. The number of anilines is 1. The third kappa shape index (κ3) is 2.88. The second kappa shape index (κ2) is 4.74. The molecular weight excluding hydrogens is 277 g/mol. The quantitative estimate of drug-likeness (QED) is 0.886. The van der Waals surface area contributed by atoms with Crippen LogP contribution in [0, 0.1) is 5.82 Å². The van der Waals surface area contributed by atoms with Crippen molar-refractivity contribution >= 4 is 33.4 Å². The van der Waals surface area contributed by atoms with Gasteiger partial charge in [0.25, 0.3) is 0 Å². The molecule has 0 radical (unpaired) electrons. The highest BCUT2D eigenvalue weighted by Crippen LogP contribution is 2.30. The van der Waals surface area contributed by atoms with E-state index in [-0.39, 0.29) is 5.82 Å². The summed E-state index contributed by atoms with van der Waals surface area (Å²) in [6.45, 7) is 2.24. The first-order chi connectivity index (χ1) is 7.15. The van der Waals surface area contributed by atoms with E-state index in [1.807, 2.05) is 11.8 Å². The van der Waals surface area contributed by atoms with Crippen molar-refractivity contribution in [3.63, 3.8) is 0 Å². The lowest BCUT2D eigenvalue weighted by Gasteiger charge is -2.14. The van der Waals surface area contributed by atoms with Gasteiger partial charge in [0.15, 0.2) is 0 Å². The summed E-state index contributed by atoms with van der Waals surface area (Å²) in [5.41, 5.74) is 0.983. The van der Waals surface area contributed by atoms with Gasteiger partial charge in [-0.2, -0.15) is 11.8 Å². The summed E-state index contributed by atoms with van der Waals surface area (Å²) in [6.07, 6.45) is 1.18. The average Bonchev–Trinajstić information content (AvgIpc) is 2.56. The predicted molar refractivity (Wildman–Crippen MR) is 68.0 cm³/mol. The SMILES string of the molecule is CC1CC(Nc2ccc(F)cc2Br)CS1. The fourth-order valence-electron chi connectivity index (χ4n) is 1.74. The Morgan fingerprint density at radius 1 is 1.53 bits per heavy atom. The van der Waals surface area contributed by atoms with E-state index in [0.29, 0.717) is 6.04 Å². The molecule has 82 valence electrons. The van der Waals surface area contributed by atoms with Gasteiger partial charge in [0.05, 0.1) is 0 Å². The summed E-state index contributed by atoms with van der Waals surface area (Å²) < 4.78 is 13.7. The molecule has 1 saturated heterocycles. The highest BCUT2D eigenvalue weighted by Gasteiger charge is 2.21. The first kappa shape index (κ1) is 11.3. The van der Waals surface area contributed by atoms with Gasteiger partial charge in [-0.15, -0.1) is 0 Å². The van der Waals surface area contributed by atoms with E-state index in [1.165, 1.54) is 18.6 Å². The lowest BCUT2D eigenvalue weighted by molar-refractivity contribution is 0.627. The minimum atomic E-state index is -0.207. The van der Waals surface area contributed by atoms with Gasteiger partial charge in [-0.1, -0.05) is 6.92 Å². The lowest BCUT2D eigenvalue weighted by atomic mass is 10.2. The van der Waals surface area contributed by atoms with Crippen LogP contribution < -0.4 is 5.32 Å². The Labute approximate surface area is 102 Å². The molecule has 1 aromatic rings. The van der Waals surface area contributed by atoms with Crippen LogP contribution in [0.4, 0.5) is 10.1 Å².